The first kappa shape index (κ1) is 10.9. The molecule has 1 aromatic rings. The number of aliphatic hydroxyl groups is 1. The number of aliphatic hydroxyl groups excluding tert-OH is 1. The molecule has 82 valence electrons. The Balaban J connectivity index is 2.01. The molecular weight excluding hydrogens is 260 g/mol. The third kappa shape index (κ3) is 2.17. The van der Waals surface area contributed by atoms with Gasteiger partial charge in [0.15, 0.2) is 0 Å². The van der Waals surface area contributed by atoms with Gasteiger partial charge in [0.2, 0.25) is 0 Å². The summed E-state index contributed by atoms with van der Waals surface area (Å²) in [4.78, 5) is 0. The first-order valence-corrected chi connectivity index (χ1v) is 5.63. The molecule has 0 radical (unpaired) electrons. The van der Waals surface area contributed by atoms with Crippen LogP contribution in [0.3, 0.4) is 0 Å². The lowest BCUT2D eigenvalue weighted by Crippen LogP contribution is -2.54. The summed E-state index contributed by atoms with van der Waals surface area (Å²) in [5.41, 5.74) is 0. The second-order valence-corrected chi connectivity index (χ2v) is 4.44. The van der Waals surface area contributed by atoms with E-state index in [2.05, 4.69) is 15.9 Å². The number of hydrogen-bond acceptors (Lipinski definition) is 3. The van der Waals surface area contributed by atoms with Crippen molar-refractivity contribution >= 4 is 15.9 Å². The second kappa shape index (κ2) is 4.51. The zero-order valence-electron chi connectivity index (χ0n) is 8.39. The van der Waals surface area contributed by atoms with Crippen LogP contribution in [0.4, 0.5) is 0 Å². The minimum Gasteiger partial charge on any atom is -0.486 e. The quantitative estimate of drug-likeness (QED) is 0.915. The van der Waals surface area contributed by atoms with Gasteiger partial charge in [-0.2, -0.15) is 0 Å². The lowest BCUT2D eigenvalue weighted by molar-refractivity contribution is -0.149. The Hall–Kier alpha value is -0.580. The van der Waals surface area contributed by atoms with Crippen LogP contribution >= 0.6 is 15.9 Å². The van der Waals surface area contributed by atoms with Crippen LogP contribution in [0.2, 0.25) is 0 Å². The zero-order chi connectivity index (χ0) is 10.8. The standard InChI is InChI=1S/C11H13BrO3/c1-14-11-8(13)6-10(11)15-9-5-3-2-4-7(9)12/h2-5,8,10-11,13H,6H2,1H3. The van der Waals surface area contributed by atoms with Gasteiger partial charge in [0.25, 0.3) is 0 Å². The van der Waals surface area contributed by atoms with E-state index in [0.717, 1.165) is 10.2 Å². The van der Waals surface area contributed by atoms with Crippen LogP contribution in [-0.2, 0) is 4.74 Å². The third-order valence-corrected chi connectivity index (χ3v) is 3.26. The van der Waals surface area contributed by atoms with Gasteiger partial charge >= 0.3 is 0 Å². The summed E-state index contributed by atoms with van der Waals surface area (Å²) in [6.45, 7) is 0. The van der Waals surface area contributed by atoms with Crippen molar-refractivity contribution in [3.05, 3.63) is 28.7 Å². The maximum Gasteiger partial charge on any atom is 0.134 e. The van der Waals surface area contributed by atoms with E-state index in [1.165, 1.54) is 0 Å². The normalized spacial score (nSPS) is 29.7. The van der Waals surface area contributed by atoms with Crippen molar-refractivity contribution in [1.29, 1.82) is 0 Å². The molecule has 0 heterocycles. The van der Waals surface area contributed by atoms with Crippen LogP contribution < -0.4 is 4.74 Å². The molecule has 0 bridgehead atoms. The smallest absolute Gasteiger partial charge is 0.134 e. The lowest BCUT2D eigenvalue weighted by atomic mass is 9.88. The van der Waals surface area contributed by atoms with Crippen LogP contribution in [-0.4, -0.2) is 30.5 Å². The summed E-state index contributed by atoms with van der Waals surface area (Å²) < 4.78 is 11.8. The van der Waals surface area contributed by atoms with Crippen LogP contribution in [0.5, 0.6) is 5.75 Å². The van der Waals surface area contributed by atoms with Gasteiger partial charge < -0.3 is 14.6 Å². The summed E-state index contributed by atoms with van der Waals surface area (Å²) in [5, 5.41) is 9.41. The number of benzene rings is 1. The summed E-state index contributed by atoms with van der Waals surface area (Å²) in [6, 6.07) is 7.66. The van der Waals surface area contributed by atoms with Gasteiger partial charge in [0, 0.05) is 13.5 Å². The van der Waals surface area contributed by atoms with E-state index in [1.54, 1.807) is 7.11 Å². The summed E-state index contributed by atoms with van der Waals surface area (Å²) >= 11 is 3.41. The topological polar surface area (TPSA) is 38.7 Å². The Morgan fingerprint density at radius 3 is 2.73 bits per heavy atom. The molecule has 0 amide bonds. The Kier molecular flexibility index (Phi) is 3.29. The van der Waals surface area contributed by atoms with E-state index in [-0.39, 0.29) is 12.2 Å². The molecule has 1 saturated carbocycles. The van der Waals surface area contributed by atoms with Crippen LogP contribution in [0.25, 0.3) is 0 Å². The van der Waals surface area contributed by atoms with Crippen molar-refractivity contribution in [1.82, 2.24) is 0 Å². The summed E-state index contributed by atoms with van der Waals surface area (Å²) in [6.07, 6.45) is -0.0388. The van der Waals surface area contributed by atoms with Gasteiger partial charge in [-0.1, -0.05) is 12.1 Å². The van der Waals surface area contributed by atoms with Crippen LogP contribution in [0, 0.1) is 0 Å². The molecule has 0 aromatic heterocycles. The van der Waals surface area contributed by atoms with Crippen molar-refractivity contribution in [2.45, 2.75) is 24.7 Å². The molecule has 0 aliphatic heterocycles. The molecule has 1 aromatic carbocycles. The highest BCUT2D eigenvalue weighted by atomic mass is 79.9. The number of halogens is 1. The van der Waals surface area contributed by atoms with Gasteiger partial charge in [-0.3, -0.25) is 0 Å². The highest BCUT2D eigenvalue weighted by molar-refractivity contribution is 9.10. The minimum atomic E-state index is -0.400. The zero-order valence-corrected chi connectivity index (χ0v) is 9.98. The molecule has 1 N–H and O–H groups in total. The highest BCUT2D eigenvalue weighted by Crippen LogP contribution is 2.32. The molecule has 4 heteroatoms. The van der Waals surface area contributed by atoms with Crippen molar-refractivity contribution in [2.75, 3.05) is 7.11 Å². The number of ether oxygens (including phenoxy) is 2. The Morgan fingerprint density at radius 2 is 2.13 bits per heavy atom. The fourth-order valence-electron chi connectivity index (χ4n) is 1.69. The number of methoxy groups -OCH3 is 1. The molecule has 15 heavy (non-hydrogen) atoms. The Labute approximate surface area is 97.1 Å². The first-order valence-electron chi connectivity index (χ1n) is 4.84. The fourth-order valence-corrected chi connectivity index (χ4v) is 2.06. The molecule has 3 unspecified atom stereocenters. The number of para-hydroxylation sites is 1. The number of hydrogen-bond donors (Lipinski definition) is 1. The van der Waals surface area contributed by atoms with Gasteiger partial charge in [0.1, 0.15) is 18.0 Å². The van der Waals surface area contributed by atoms with Crippen molar-refractivity contribution in [2.24, 2.45) is 0 Å². The second-order valence-electron chi connectivity index (χ2n) is 3.59. The monoisotopic (exact) mass is 272 g/mol. The largest absolute Gasteiger partial charge is 0.486 e. The molecule has 0 spiro atoms. The van der Waals surface area contributed by atoms with E-state index in [9.17, 15) is 5.11 Å². The van der Waals surface area contributed by atoms with Crippen LogP contribution in [0.15, 0.2) is 28.7 Å². The van der Waals surface area contributed by atoms with E-state index in [4.69, 9.17) is 9.47 Å². The minimum absolute atomic E-state index is 0.0521. The van der Waals surface area contributed by atoms with Crippen molar-refractivity contribution in [3.63, 3.8) is 0 Å². The maximum absolute atomic E-state index is 9.41. The fraction of sp³-hybridized carbons (Fsp3) is 0.455. The molecule has 2 rings (SSSR count). The molecule has 1 aliphatic carbocycles. The number of rotatable bonds is 3. The summed E-state index contributed by atoms with van der Waals surface area (Å²) in [5.74, 6) is 0.788. The molecule has 0 saturated heterocycles. The molecule has 3 nitrogen and oxygen atoms in total. The van der Waals surface area contributed by atoms with Gasteiger partial charge in [-0.25, -0.2) is 0 Å². The predicted octanol–water partition coefficient (Wildman–Crippen LogP) is 1.98. The average molecular weight is 273 g/mol. The first-order chi connectivity index (χ1) is 7.22. The van der Waals surface area contributed by atoms with E-state index in [0.29, 0.717) is 6.42 Å². The molecular formula is C11H13BrO3. The SMILES string of the molecule is COC1C(O)CC1Oc1ccccc1Br. The Morgan fingerprint density at radius 1 is 1.40 bits per heavy atom. The van der Waals surface area contributed by atoms with Crippen molar-refractivity contribution < 1.29 is 14.6 Å². The lowest BCUT2D eigenvalue weighted by Gasteiger charge is -2.40. The third-order valence-electron chi connectivity index (χ3n) is 2.61. The van der Waals surface area contributed by atoms with E-state index < -0.39 is 6.10 Å². The average Bonchev–Trinajstić information content (AvgIpc) is 2.20. The van der Waals surface area contributed by atoms with Gasteiger partial charge in [-0.15, -0.1) is 0 Å². The van der Waals surface area contributed by atoms with Crippen LogP contribution in [0.1, 0.15) is 6.42 Å². The molecule has 1 fully saturated rings. The molecule has 3 atom stereocenters. The van der Waals surface area contributed by atoms with E-state index in [1.807, 2.05) is 24.3 Å². The predicted molar refractivity (Wildman–Crippen MR) is 60.0 cm³/mol. The summed E-state index contributed by atoms with van der Waals surface area (Å²) in [7, 11) is 1.59. The van der Waals surface area contributed by atoms with Crippen molar-refractivity contribution in [3.8, 4) is 5.75 Å². The Bertz CT molecular complexity index is 342. The molecule has 1 aliphatic rings. The highest BCUT2D eigenvalue weighted by Gasteiger charge is 2.42. The van der Waals surface area contributed by atoms with Gasteiger partial charge in [-0.05, 0) is 28.1 Å². The van der Waals surface area contributed by atoms with E-state index >= 15 is 0 Å². The maximum atomic E-state index is 9.41. The van der Waals surface area contributed by atoms with Gasteiger partial charge in [0.05, 0.1) is 10.6 Å².